The van der Waals surface area contributed by atoms with Crippen LogP contribution in [0.3, 0.4) is 0 Å². The normalized spacial score (nSPS) is 17.3. The van der Waals surface area contributed by atoms with Gasteiger partial charge in [0.05, 0.1) is 30.6 Å². The first-order valence-electron chi connectivity index (χ1n) is 12.7. The molecule has 2 N–H and O–H groups in total. The van der Waals surface area contributed by atoms with Crippen LogP contribution in [-0.2, 0) is 4.79 Å². The molecule has 1 saturated heterocycles. The van der Waals surface area contributed by atoms with Crippen LogP contribution in [0.4, 0.5) is 11.4 Å². The number of carbonyl (C=O) groups excluding carboxylic acids is 1. The SMILES string of the molecule is COc1cc(N2C(=S)N[C@H](c3ccccn3)[C@H]2c2cc(C)n(-c3nccs3)c2C)ccc1NC(=O)C(C)(C)C. The third-order valence-corrected chi connectivity index (χ3v) is 7.96. The number of ether oxygens (including phenoxy) is 1. The maximum absolute atomic E-state index is 12.7. The number of thiazole rings is 1. The molecule has 10 heteroatoms. The highest BCUT2D eigenvalue weighted by atomic mass is 32.1. The molecule has 0 radical (unpaired) electrons. The van der Waals surface area contributed by atoms with E-state index in [1.807, 2.05) is 68.7 Å². The molecular weight excluding hydrogens is 528 g/mol. The summed E-state index contributed by atoms with van der Waals surface area (Å²) >= 11 is 7.53. The number of nitrogens with one attached hydrogen (secondary N) is 2. The summed E-state index contributed by atoms with van der Waals surface area (Å²) < 4.78 is 7.90. The Morgan fingerprint density at radius 3 is 2.56 bits per heavy atom. The molecule has 0 unspecified atom stereocenters. The molecule has 4 aromatic rings. The van der Waals surface area contributed by atoms with E-state index in [9.17, 15) is 4.79 Å². The van der Waals surface area contributed by atoms with Crippen LogP contribution in [0.25, 0.3) is 5.13 Å². The molecule has 4 heterocycles. The molecule has 39 heavy (non-hydrogen) atoms. The van der Waals surface area contributed by atoms with Gasteiger partial charge < -0.3 is 20.3 Å². The molecule has 0 saturated carbocycles. The lowest BCUT2D eigenvalue weighted by atomic mass is 9.95. The number of methoxy groups -OCH3 is 1. The van der Waals surface area contributed by atoms with Crippen LogP contribution in [0.15, 0.2) is 60.2 Å². The van der Waals surface area contributed by atoms with E-state index in [1.54, 1.807) is 24.6 Å². The predicted molar refractivity (Wildman–Crippen MR) is 160 cm³/mol. The second-order valence-electron chi connectivity index (χ2n) is 10.6. The van der Waals surface area contributed by atoms with Gasteiger partial charge in [0.1, 0.15) is 5.75 Å². The number of aryl methyl sites for hydroxylation is 1. The largest absolute Gasteiger partial charge is 0.494 e. The van der Waals surface area contributed by atoms with Gasteiger partial charge in [0, 0.05) is 46.3 Å². The lowest BCUT2D eigenvalue weighted by Crippen LogP contribution is -2.30. The van der Waals surface area contributed by atoms with Gasteiger partial charge in [0.2, 0.25) is 5.91 Å². The van der Waals surface area contributed by atoms with E-state index in [0.29, 0.717) is 16.5 Å². The Labute approximate surface area is 238 Å². The van der Waals surface area contributed by atoms with Crippen LogP contribution in [0.2, 0.25) is 0 Å². The monoisotopic (exact) mass is 560 g/mol. The molecule has 1 amide bonds. The van der Waals surface area contributed by atoms with E-state index in [4.69, 9.17) is 17.0 Å². The van der Waals surface area contributed by atoms with Gasteiger partial charge in [-0.05, 0) is 62.0 Å². The molecule has 0 bridgehead atoms. The van der Waals surface area contributed by atoms with Crippen molar-refractivity contribution in [1.29, 1.82) is 0 Å². The molecule has 0 spiro atoms. The Morgan fingerprint density at radius 1 is 1.13 bits per heavy atom. The summed E-state index contributed by atoms with van der Waals surface area (Å²) in [7, 11) is 1.60. The van der Waals surface area contributed by atoms with Gasteiger partial charge in [-0.15, -0.1) is 11.3 Å². The van der Waals surface area contributed by atoms with Crippen molar-refractivity contribution in [3.05, 3.63) is 82.9 Å². The highest BCUT2D eigenvalue weighted by Crippen LogP contribution is 2.45. The van der Waals surface area contributed by atoms with Crippen molar-refractivity contribution in [1.82, 2.24) is 19.9 Å². The minimum absolute atomic E-state index is 0.0883. The van der Waals surface area contributed by atoms with E-state index < -0.39 is 5.41 Å². The van der Waals surface area contributed by atoms with E-state index in [0.717, 1.165) is 33.5 Å². The van der Waals surface area contributed by atoms with Gasteiger partial charge in [0.25, 0.3) is 0 Å². The maximum Gasteiger partial charge on any atom is 0.229 e. The number of benzene rings is 1. The fourth-order valence-corrected chi connectivity index (χ4v) is 6.00. The topological polar surface area (TPSA) is 84.3 Å². The Kier molecular flexibility index (Phi) is 7.17. The fourth-order valence-electron chi connectivity index (χ4n) is 4.90. The highest BCUT2D eigenvalue weighted by Gasteiger charge is 2.42. The number of aromatic nitrogens is 3. The third-order valence-electron chi connectivity index (χ3n) is 6.89. The summed E-state index contributed by atoms with van der Waals surface area (Å²) in [5.41, 5.74) is 5.12. The number of rotatable bonds is 6. The minimum Gasteiger partial charge on any atom is -0.494 e. The smallest absolute Gasteiger partial charge is 0.229 e. The molecule has 8 nitrogen and oxygen atoms in total. The van der Waals surface area contributed by atoms with Crippen LogP contribution >= 0.6 is 23.6 Å². The van der Waals surface area contributed by atoms with E-state index in [-0.39, 0.29) is 18.0 Å². The van der Waals surface area contributed by atoms with Crippen molar-refractivity contribution < 1.29 is 9.53 Å². The highest BCUT2D eigenvalue weighted by molar-refractivity contribution is 7.80. The zero-order chi connectivity index (χ0) is 27.9. The molecule has 1 aliphatic heterocycles. The van der Waals surface area contributed by atoms with E-state index in [2.05, 4.69) is 50.0 Å². The van der Waals surface area contributed by atoms with Gasteiger partial charge in [0.15, 0.2) is 10.2 Å². The van der Waals surface area contributed by atoms with Crippen LogP contribution in [-0.4, -0.2) is 32.7 Å². The van der Waals surface area contributed by atoms with Gasteiger partial charge in [-0.2, -0.15) is 0 Å². The number of thiocarbonyl (C=S) groups is 1. The van der Waals surface area contributed by atoms with E-state index >= 15 is 0 Å². The third kappa shape index (κ3) is 5.02. The summed E-state index contributed by atoms with van der Waals surface area (Å²) in [5.74, 6) is 0.468. The molecule has 202 valence electrons. The van der Waals surface area contributed by atoms with Crippen molar-refractivity contribution in [3.8, 4) is 10.9 Å². The van der Waals surface area contributed by atoms with Crippen molar-refractivity contribution in [2.45, 2.75) is 46.7 Å². The summed E-state index contributed by atoms with van der Waals surface area (Å²) in [4.78, 5) is 24.0. The van der Waals surface area contributed by atoms with Crippen molar-refractivity contribution in [2.24, 2.45) is 5.41 Å². The lowest BCUT2D eigenvalue weighted by molar-refractivity contribution is -0.123. The van der Waals surface area contributed by atoms with Gasteiger partial charge in [-0.3, -0.25) is 14.3 Å². The number of carbonyl (C=O) groups is 1. The van der Waals surface area contributed by atoms with Crippen molar-refractivity contribution in [2.75, 3.05) is 17.3 Å². The summed E-state index contributed by atoms with van der Waals surface area (Å²) in [6.07, 6.45) is 3.62. The molecule has 1 aliphatic rings. The number of amides is 1. The summed E-state index contributed by atoms with van der Waals surface area (Å²) in [5, 5.41) is 10.0. The zero-order valence-electron chi connectivity index (χ0n) is 22.9. The second-order valence-corrected chi connectivity index (χ2v) is 11.8. The van der Waals surface area contributed by atoms with Crippen LogP contribution in [0.1, 0.15) is 55.5 Å². The number of hydrogen-bond acceptors (Lipinski definition) is 6. The first-order valence-corrected chi connectivity index (χ1v) is 14.0. The molecule has 0 aliphatic carbocycles. The van der Waals surface area contributed by atoms with Gasteiger partial charge >= 0.3 is 0 Å². The van der Waals surface area contributed by atoms with Gasteiger partial charge in [-0.25, -0.2) is 4.98 Å². The standard InChI is InChI=1S/C29H32N6O2S2/c1-17-15-20(18(2)34(17)28-31-13-14-39-28)25-24(22-9-7-8-12-30-22)33-27(38)35(25)19-10-11-21(23(16-19)37-6)32-26(36)29(3,4)5/h7-16,24-25H,1-6H3,(H,32,36)(H,33,38)/t24-,25-/m1/s1. The zero-order valence-corrected chi connectivity index (χ0v) is 24.5. The van der Waals surface area contributed by atoms with Crippen LogP contribution in [0, 0.1) is 19.3 Å². The Hall–Kier alpha value is -3.76. The number of nitrogens with zero attached hydrogens (tertiary/aromatic N) is 4. The number of pyridine rings is 1. The van der Waals surface area contributed by atoms with Crippen LogP contribution < -0.4 is 20.3 Å². The summed E-state index contributed by atoms with van der Waals surface area (Å²) in [6, 6.07) is 13.5. The first kappa shape index (κ1) is 26.8. The molecular formula is C29H32N6O2S2. The molecule has 3 aromatic heterocycles. The maximum atomic E-state index is 12.7. The van der Waals surface area contributed by atoms with Crippen molar-refractivity contribution >= 4 is 45.9 Å². The molecule has 5 rings (SSSR count). The van der Waals surface area contributed by atoms with Crippen LogP contribution in [0.5, 0.6) is 5.75 Å². The number of anilines is 2. The average Bonchev–Trinajstić information content (AvgIpc) is 3.62. The molecule has 1 aromatic carbocycles. The Bertz CT molecular complexity index is 1510. The lowest BCUT2D eigenvalue weighted by Gasteiger charge is -2.29. The molecule has 1 fully saturated rings. The minimum atomic E-state index is -0.537. The quantitative estimate of drug-likeness (QED) is 0.275. The average molecular weight is 561 g/mol. The van der Waals surface area contributed by atoms with Crippen molar-refractivity contribution in [3.63, 3.8) is 0 Å². The second kappa shape index (κ2) is 10.4. The predicted octanol–water partition coefficient (Wildman–Crippen LogP) is 6.12. The summed E-state index contributed by atoms with van der Waals surface area (Å²) in [6.45, 7) is 9.84. The molecule has 2 atom stereocenters. The Balaban J connectivity index is 1.62. The fraction of sp³-hybridized carbons (Fsp3) is 0.310. The Morgan fingerprint density at radius 2 is 1.92 bits per heavy atom. The number of hydrogen-bond donors (Lipinski definition) is 2. The first-order chi connectivity index (χ1) is 18.6. The van der Waals surface area contributed by atoms with E-state index in [1.165, 1.54) is 0 Å². The van der Waals surface area contributed by atoms with Gasteiger partial charge in [-0.1, -0.05) is 26.8 Å².